The van der Waals surface area contributed by atoms with Crippen LogP contribution in [0.25, 0.3) is 0 Å². The molecule has 2 aliphatic rings. The van der Waals surface area contributed by atoms with E-state index in [9.17, 15) is 4.79 Å². The predicted octanol–water partition coefficient (Wildman–Crippen LogP) is 3.79. The first-order valence-electron chi connectivity index (χ1n) is 8.31. The van der Waals surface area contributed by atoms with Crippen LogP contribution < -0.4 is 9.64 Å². The first-order chi connectivity index (χ1) is 10.8. The number of ether oxygens (including phenoxy) is 1. The Morgan fingerprint density at radius 2 is 1.86 bits per heavy atom. The van der Waals surface area contributed by atoms with Crippen molar-refractivity contribution < 1.29 is 9.53 Å². The van der Waals surface area contributed by atoms with Gasteiger partial charge < -0.3 is 9.64 Å². The maximum absolute atomic E-state index is 11.0. The van der Waals surface area contributed by atoms with Gasteiger partial charge in [0, 0.05) is 24.3 Å². The molecule has 0 bridgehead atoms. The number of hydrogen-bond donors (Lipinski definition) is 0. The second-order valence-electron chi connectivity index (χ2n) is 6.37. The third-order valence-corrected chi connectivity index (χ3v) is 5.09. The van der Waals surface area contributed by atoms with Gasteiger partial charge in [-0.05, 0) is 50.3 Å². The Hall–Kier alpha value is -1.80. The Kier molecular flexibility index (Phi) is 4.49. The lowest BCUT2D eigenvalue weighted by Crippen LogP contribution is -2.32. The Bertz CT molecular complexity index is 566. The van der Waals surface area contributed by atoms with Crippen LogP contribution in [0, 0.1) is 0 Å². The fourth-order valence-electron chi connectivity index (χ4n) is 3.91. The van der Waals surface area contributed by atoms with E-state index in [-0.39, 0.29) is 0 Å². The second kappa shape index (κ2) is 6.53. The van der Waals surface area contributed by atoms with E-state index < -0.39 is 5.54 Å². The monoisotopic (exact) mass is 300 g/mol. The summed E-state index contributed by atoms with van der Waals surface area (Å²) in [6.07, 6.45) is 9.68. The molecule has 1 aliphatic carbocycles. The molecular weight excluding hydrogens is 276 g/mol. The number of carbonyl (C=O) groups excluding carboxylic acids is 1. The standard InChI is InChI=1S/C18H24N2O2/c1-22-15-7-8-17(20-11-5-2-6-12-20)16(13-15)18(19-14-21)9-3-4-10-18/h7-8,13H,2-6,9-12H2,1H3. The summed E-state index contributed by atoms with van der Waals surface area (Å²) < 4.78 is 5.42. The van der Waals surface area contributed by atoms with Crippen molar-refractivity contribution in [3.8, 4) is 5.75 Å². The van der Waals surface area contributed by atoms with E-state index in [4.69, 9.17) is 4.74 Å². The molecule has 0 amide bonds. The lowest BCUT2D eigenvalue weighted by molar-refractivity contribution is 0.408. The molecule has 0 atom stereocenters. The average molecular weight is 300 g/mol. The maximum atomic E-state index is 11.0. The van der Waals surface area contributed by atoms with Gasteiger partial charge in [-0.1, -0.05) is 12.8 Å². The van der Waals surface area contributed by atoms with Crippen LogP contribution in [-0.2, 0) is 10.3 Å². The highest BCUT2D eigenvalue weighted by molar-refractivity contribution is 5.60. The molecule has 0 N–H and O–H groups in total. The van der Waals surface area contributed by atoms with Gasteiger partial charge in [-0.15, -0.1) is 0 Å². The topological polar surface area (TPSA) is 41.9 Å². The first kappa shape index (κ1) is 15.1. The molecule has 4 heteroatoms. The summed E-state index contributed by atoms with van der Waals surface area (Å²) in [5.41, 5.74) is 1.97. The SMILES string of the molecule is COc1ccc(N2CCCCC2)c(C2(N=C=O)CCCC2)c1. The van der Waals surface area contributed by atoms with Gasteiger partial charge in [-0.25, -0.2) is 4.79 Å². The molecule has 2 fully saturated rings. The lowest BCUT2D eigenvalue weighted by atomic mass is 9.86. The Morgan fingerprint density at radius 3 is 2.50 bits per heavy atom. The minimum atomic E-state index is -0.400. The van der Waals surface area contributed by atoms with Crippen molar-refractivity contribution >= 4 is 11.8 Å². The molecule has 0 aromatic heterocycles. The normalized spacial score (nSPS) is 20.5. The van der Waals surface area contributed by atoms with E-state index in [1.165, 1.54) is 24.9 Å². The minimum Gasteiger partial charge on any atom is -0.497 e. The van der Waals surface area contributed by atoms with Gasteiger partial charge in [-0.3, -0.25) is 0 Å². The third-order valence-electron chi connectivity index (χ3n) is 5.09. The van der Waals surface area contributed by atoms with Crippen LogP contribution in [0.3, 0.4) is 0 Å². The highest BCUT2D eigenvalue weighted by Crippen LogP contribution is 2.47. The largest absolute Gasteiger partial charge is 0.497 e. The molecule has 0 radical (unpaired) electrons. The molecule has 0 spiro atoms. The zero-order valence-electron chi connectivity index (χ0n) is 13.3. The number of rotatable bonds is 4. The van der Waals surface area contributed by atoms with Gasteiger partial charge in [0.25, 0.3) is 0 Å². The zero-order chi connectivity index (χ0) is 15.4. The van der Waals surface area contributed by atoms with E-state index in [1.807, 2.05) is 12.1 Å². The molecule has 1 aliphatic heterocycles. The number of piperidine rings is 1. The summed E-state index contributed by atoms with van der Waals surface area (Å²) in [5.74, 6) is 0.836. The van der Waals surface area contributed by atoms with E-state index >= 15 is 0 Å². The van der Waals surface area contributed by atoms with Crippen molar-refractivity contribution in [1.29, 1.82) is 0 Å². The Balaban J connectivity index is 2.07. The summed E-state index contributed by atoms with van der Waals surface area (Å²) in [6, 6.07) is 6.23. The van der Waals surface area contributed by atoms with Crippen molar-refractivity contribution in [3.63, 3.8) is 0 Å². The van der Waals surface area contributed by atoms with Crippen molar-refractivity contribution in [3.05, 3.63) is 23.8 Å². The molecule has 1 aromatic carbocycles. The van der Waals surface area contributed by atoms with Crippen LogP contribution in [-0.4, -0.2) is 26.3 Å². The molecule has 1 saturated heterocycles. The van der Waals surface area contributed by atoms with E-state index in [0.717, 1.165) is 50.1 Å². The van der Waals surface area contributed by atoms with Gasteiger partial charge in [0.15, 0.2) is 0 Å². The molecule has 118 valence electrons. The molecule has 22 heavy (non-hydrogen) atoms. The van der Waals surface area contributed by atoms with Crippen LogP contribution in [0.5, 0.6) is 5.75 Å². The molecule has 1 heterocycles. The van der Waals surface area contributed by atoms with Crippen molar-refractivity contribution in [2.45, 2.75) is 50.5 Å². The summed E-state index contributed by atoms with van der Waals surface area (Å²) in [4.78, 5) is 17.8. The predicted molar refractivity (Wildman–Crippen MR) is 87.3 cm³/mol. The highest BCUT2D eigenvalue weighted by Gasteiger charge is 2.38. The van der Waals surface area contributed by atoms with Crippen LogP contribution in [0.15, 0.2) is 23.2 Å². The number of anilines is 1. The summed E-state index contributed by atoms with van der Waals surface area (Å²) in [5, 5.41) is 0. The smallest absolute Gasteiger partial charge is 0.235 e. The van der Waals surface area contributed by atoms with Crippen molar-refractivity contribution in [1.82, 2.24) is 0 Å². The number of hydrogen-bond acceptors (Lipinski definition) is 4. The number of aliphatic imine (C=N–C) groups is 1. The number of methoxy groups -OCH3 is 1. The van der Waals surface area contributed by atoms with E-state index in [2.05, 4.69) is 22.0 Å². The summed E-state index contributed by atoms with van der Waals surface area (Å²) in [7, 11) is 1.68. The molecule has 3 rings (SSSR count). The molecule has 1 aromatic rings. The second-order valence-corrected chi connectivity index (χ2v) is 6.37. The van der Waals surface area contributed by atoms with Crippen LogP contribution >= 0.6 is 0 Å². The third kappa shape index (κ3) is 2.76. The number of isocyanates is 1. The fourth-order valence-corrected chi connectivity index (χ4v) is 3.91. The summed E-state index contributed by atoms with van der Waals surface area (Å²) >= 11 is 0. The molecular formula is C18H24N2O2. The quantitative estimate of drug-likeness (QED) is 0.627. The van der Waals surface area contributed by atoms with Crippen LogP contribution in [0.4, 0.5) is 5.69 Å². The average Bonchev–Trinajstić information content (AvgIpc) is 3.05. The van der Waals surface area contributed by atoms with Gasteiger partial charge in [0.1, 0.15) is 11.3 Å². The van der Waals surface area contributed by atoms with Gasteiger partial charge in [0.05, 0.1) is 7.11 Å². The van der Waals surface area contributed by atoms with Crippen LogP contribution in [0.1, 0.15) is 50.5 Å². The lowest BCUT2D eigenvalue weighted by Gasteiger charge is -2.35. The van der Waals surface area contributed by atoms with E-state index in [0.29, 0.717) is 0 Å². The molecule has 1 saturated carbocycles. The van der Waals surface area contributed by atoms with Gasteiger partial charge >= 0.3 is 0 Å². The summed E-state index contributed by atoms with van der Waals surface area (Å²) in [6.45, 7) is 2.17. The maximum Gasteiger partial charge on any atom is 0.235 e. The van der Waals surface area contributed by atoms with Crippen LogP contribution in [0.2, 0.25) is 0 Å². The fraction of sp³-hybridized carbons (Fsp3) is 0.611. The Labute approximate surface area is 132 Å². The van der Waals surface area contributed by atoms with Gasteiger partial charge in [0.2, 0.25) is 6.08 Å². The minimum absolute atomic E-state index is 0.400. The molecule has 0 unspecified atom stereocenters. The first-order valence-corrected chi connectivity index (χ1v) is 8.31. The van der Waals surface area contributed by atoms with Crippen molar-refractivity contribution in [2.75, 3.05) is 25.1 Å². The molecule has 4 nitrogen and oxygen atoms in total. The number of nitrogens with zero attached hydrogens (tertiary/aromatic N) is 2. The van der Waals surface area contributed by atoms with E-state index in [1.54, 1.807) is 7.11 Å². The highest BCUT2D eigenvalue weighted by atomic mass is 16.5. The number of benzene rings is 1. The Morgan fingerprint density at radius 1 is 1.14 bits per heavy atom. The zero-order valence-corrected chi connectivity index (χ0v) is 13.3. The van der Waals surface area contributed by atoms with Crippen molar-refractivity contribution in [2.24, 2.45) is 4.99 Å². The van der Waals surface area contributed by atoms with Gasteiger partial charge in [-0.2, -0.15) is 4.99 Å².